The van der Waals surface area contributed by atoms with Crippen molar-refractivity contribution in [1.29, 1.82) is 0 Å². The molecule has 1 saturated heterocycles. The number of ether oxygens (including phenoxy) is 3. The Labute approximate surface area is 284 Å². The van der Waals surface area contributed by atoms with Gasteiger partial charge < -0.3 is 34.9 Å². The summed E-state index contributed by atoms with van der Waals surface area (Å²) in [5.41, 5.74) is -0.0285. The molecule has 6 rings (SSSR count). The van der Waals surface area contributed by atoms with Crippen molar-refractivity contribution in [3.8, 4) is 22.8 Å². The number of rotatable bonds is 6. The molecule has 2 aliphatic heterocycles. The van der Waals surface area contributed by atoms with Gasteiger partial charge in [-0.1, -0.05) is 42.5 Å². The number of carbonyl (C=O) groups is 4. The lowest BCUT2D eigenvalue weighted by atomic mass is 10.1. The maximum Gasteiger partial charge on any atom is 0.408 e. The summed E-state index contributed by atoms with van der Waals surface area (Å²) in [5.74, 6) is -1.39. The van der Waals surface area contributed by atoms with Crippen LogP contribution in [0, 0.1) is 5.92 Å². The van der Waals surface area contributed by atoms with Crippen LogP contribution in [0.5, 0.6) is 11.5 Å². The average Bonchev–Trinajstić information content (AvgIpc) is 3.59. The Bertz CT molecular complexity index is 1790. The minimum Gasteiger partial charge on any atom is -0.497 e. The van der Waals surface area contributed by atoms with Gasteiger partial charge in [0.25, 0.3) is 0 Å². The predicted molar refractivity (Wildman–Crippen MR) is 181 cm³/mol. The van der Waals surface area contributed by atoms with Crippen molar-refractivity contribution in [2.24, 2.45) is 5.92 Å². The lowest BCUT2D eigenvalue weighted by molar-refractivity contribution is -0.145. The second-order valence-corrected chi connectivity index (χ2v) is 13.9. The van der Waals surface area contributed by atoms with E-state index in [1.165, 1.54) is 4.90 Å². The summed E-state index contributed by atoms with van der Waals surface area (Å²) in [4.78, 5) is 59.7. The summed E-state index contributed by atoms with van der Waals surface area (Å²) in [7, 11) is 1.58. The third-order valence-corrected chi connectivity index (χ3v) is 9.15. The monoisotopic (exact) mass is 670 g/mol. The Morgan fingerprint density at radius 1 is 1.10 bits per heavy atom. The van der Waals surface area contributed by atoms with Gasteiger partial charge in [0, 0.05) is 35.4 Å². The molecule has 1 aromatic heterocycles. The number of pyridine rings is 1. The minimum absolute atomic E-state index is 0.0335. The van der Waals surface area contributed by atoms with E-state index < -0.39 is 53.2 Å². The van der Waals surface area contributed by atoms with Gasteiger partial charge in [-0.05, 0) is 58.6 Å². The Hall–Kier alpha value is -5.13. The van der Waals surface area contributed by atoms with E-state index in [-0.39, 0.29) is 25.3 Å². The highest BCUT2D eigenvalue weighted by Gasteiger charge is 2.61. The number of allylic oxidation sites excluding steroid dienone is 1. The molecule has 3 N–H and O–H groups in total. The van der Waals surface area contributed by atoms with Crippen molar-refractivity contribution in [3.05, 3.63) is 66.7 Å². The molecule has 1 aliphatic carbocycles. The molecule has 0 unspecified atom stereocenters. The molecule has 12 heteroatoms. The Balaban J connectivity index is 1.34. The van der Waals surface area contributed by atoms with Crippen molar-refractivity contribution < 1.29 is 38.5 Å². The van der Waals surface area contributed by atoms with Gasteiger partial charge in [-0.25, -0.2) is 14.6 Å². The first kappa shape index (κ1) is 33.8. The van der Waals surface area contributed by atoms with Crippen LogP contribution < -0.4 is 20.1 Å². The zero-order valence-corrected chi connectivity index (χ0v) is 28.1. The van der Waals surface area contributed by atoms with Crippen LogP contribution in [0.25, 0.3) is 22.2 Å². The third-order valence-electron chi connectivity index (χ3n) is 9.15. The lowest BCUT2D eigenvalue weighted by Gasteiger charge is -2.30. The summed E-state index contributed by atoms with van der Waals surface area (Å²) >= 11 is 0. The molecule has 0 bridgehead atoms. The first-order chi connectivity index (χ1) is 23.4. The minimum atomic E-state index is -1.44. The molecule has 3 aromatic rings. The van der Waals surface area contributed by atoms with Gasteiger partial charge in [-0.3, -0.25) is 9.59 Å². The number of nitrogens with zero attached hydrogens (tertiary/aromatic N) is 2. The quantitative estimate of drug-likeness (QED) is 0.312. The molecule has 2 fully saturated rings. The van der Waals surface area contributed by atoms with Gasteiger partial charge in [0.1, 0.15) is 40.8 Å². The Morgan fingerprint density at radius 3 is 2.59 bits per heavy atom. The molecular formula is C37H42N4O8. The van der Waals surface area contributed by atoms with E-state index in [0.29, 0.717) is 42.0 Å². The molecule has 258 valence electrons. The van der Waals surface area contributed by atoms with Crippen LogP contribution in [0.15, 0.2) is 66.7 Å². The van der Waals surface area contributed by atoms with Crippen LogP contribution in [0.3, 0.4) is 0 Å². The molecule has 3 aliphatic rings. The second kappa shape index (κ2) is 13.4. The van der Waals surface area contributed by atoms with Crippen LogP contribution in [-0.2, 0) is 19.1 Å². The Morgan fingerprint density at radius 2 is 1.88 bits per heavy atom. The van der Waals surface area contributed by atoms with Crippen molar-refractivity contribution in [2.45, 2.75) is 82.2 Å². The normalized spacial score (nSPS) is 26.2. The number of benzene rings is 2. The molecule has 1 saturated carbocycles. The zero-order valence-electron chi connectivity index (χ0n) is 28.1. The van der Waals surface area contributed by atoms with Gasteiger partial charge in [-0.15, -0.1) is 0 Å². The summed E-state index contributed by atoms with van der Waals surface area (Å²) in [5, 5.41) is 16.3. The summed E-state index contributed by atoms with van der Waals surface area (Å²) in [6.07, 6.45) is 4.09. The van der Waals surface area contributed by atoms with Gasteiger partial charge in [-0.2, -0.15) is 0 Å². The number of carboxylic acid groups (broad SMARTS) is 1. The predicted octanol–water partition coefficient (Wildman–Crippen LogP) is 4.85. The molecule has 12 nitrogen and oxygen atoms in total. The van der Waals surface area contributed by atoms with Gasteiger partial charge in [0.2, 0.25) is 11.8 Å². The van der Waals surface area contributed by atoms with Crippen LogP contribution >= 0.6 is 0 Å². The molecular weight excluding hydrogens is 628 g/mol. The van der Waals surface area contributed by atoms with Gasteiger partial charge in [0.05, 0.1) is 24.9 Å². The van der Waals surface area contributed by atoms with E-state index in [1.807, 2.05) is 66.7 Å². The fraction of sp³-hybridized carbons (Fsp3) is 0.432. The number of fused-ring (bicyclic) bond motifs is 3. The number of carbonyl (C=O) groups excluding carboxylic acids is 3. The van der Waals surface area contributed by atoms with Crippen molar-refractivity contribution in [1.82, 2.24) is 20.5 Å². The van der Waals surface area contributed by atoms with E-state index in [4.69, 9.17) is 19.2 Å². The number of carboxylic acids is 1. The molecule has 3 amide bonds. The Kier molecular flexibility index (Phi) is 9.24. The van der Waals surface area contributed by atoms with Crippen molar-refractivity contribution in [3.63, 3.8) is 0 Å². The maximum absolute atomic E-state index is 14.3. The number of alkyl carbamates (subject to hydrolysis) is 1. The summed E-state index contributed by atoms with van der Waals surface area (Å²) in [6.45, 7) is 5.24. The number of aliphatic carboxylic acids is 1. The van der Waals surface area contributed by atoms with Crippen LogP contribution in [0.2, 0.25) is 0 Å². The molecule has 2 aromatic carbocycles. The highest BCUT2D eigenvalue weighted by Crippen LogP contribution is 2.45. The molecule has 0 radical (unpaired) electrons. The first-order valence-corrected chi connectivity index (χ1v) is 16.6. The van der Waals surface area contributed by atoms with E-state index in [0.717, 1.165) is 10.9 Å². The van der Waals surface area contributed by atoms with Crippen molar-refractivity contribution in [2.75, 3.05) is 13.7 Å². The van der Waals surface area contributed by atoms with E-state index in [9.17, 15) is 24.3 Å². The van der Waals surface area contributed by atoms with Crippen LogP contribution in [0.4, 0.5) is 4.79 Å². The highest BCUT2D eigenvalue weighted by atomic mass is 16.6. The topological polar surface area (TPSA) is 156 Å². The number of hydrogen-bond donors (Lipinski definition) is 3. The third kappa shape index (κ3) is 7.33. The van der Waals surface area contributed by atoms with Crippen LogP contribution in [0.1, 0.15) is 52.9 Å². The lowest BCUT2D eigenvalue weighted by Crippen LogP contribution is -2.56. The smallest absolute Gasteiger partial charge is 0.408 e. The standard InChI is InChI=1S/C37H42N4O8/c1-36(2,3)49-35(46)39-27-14-10-6-9-13-23-20-37(23,34(44)45)40-32(42)30-18-25(21-41(30)33(27)43)48-31-19-28(22-11-7-5-8-12-22)38-29-17-24(47-4)15-16-26(29)31/h5,7-9,11-13,15-17,19,23,25,27,30H,6,10,14,18,20-21H2,1-4H3,(H,39,46)(H,40,42)(H,44,45)/b13-9+/t23-,25-,27+,30+,37-/m1/s1. The van der Waals surface area contributed by atoms with E-state index >= 15 is 0 Å². The second-order valence-electron chi connectivity index (χ2n) is 13.9. The SMILES string of the molecule is COc1ccc2c(O[C@@H]3C[C@H]4C(=O)N[C@]5(C(=O)O)C[C@H]5/C=C/CCC[C@H](NC(=O)OC(C)(C)C)C(=O)N4C3)cc(-c3ccccc3)nc2c1. The highest BCUT2D eigenvalue weighted by molar-refractivity contribution is 5.96. The zero-order chi connectivity index (χ0) is 34.9. The fourth-order valence-electron chi connectivity index (χ4n) is 6.59. The summed E-state index contributed by atoms with van der Waals surface area (Å²) < 4.78 is 17.5. The number of amides is 3. The molecule has 0 spiro atoms. The number of methoxy groups -OCH3 is 1. The summed E-state index contributed by atoms with van der Waals surface area (Å²) in [6, 6.07) is 14.9. The number of nitrogens with one attached hydrogen (secondary N) is 2. The maximum atomic E-state index is 14.3. The number of aromatic nitrogens is 1. The fourth-order valence-corrected chi connectivity index (χ4v) is 6.59. The number of hydrogen-bond acceptors (Lipinski definition) is 8. The van der Waals surface area contributed by atoms with Gasteiger partial charge >= 0.3 is 12.1 Å². The molecule has 49 heavy (non-hydrogen) atoms. The van der Waals surface area contributed by atoms with E-state index in [2.05, 4.69) is 10.6 Å². The molecule has 5 atom stereocenters. The van der Waals surface area contributed by atoms with Gasteiger partial charge in [0.15, 0.2) is 0 Å². The van der Waals surface area contributed by atoms with E-state index in [1.54, 1.807) is 27.9 Å². The first-order valence-electron chi connectivity index (χ1n) is 16.6. The largest absolute Gasteiger partial charge is 0.497 e. The molecule has 3 heterocycles. The van der Waals surface area contributed by atoms with Crippen LogP contribution in [-0.4, -0.2) is 81.8 Å². The average molecular weight is 671 g/mol. The van der Waals surface area contributed by atoms with Crippen molar-refractivity contribution >= 4 is 34.8 Å².